The summed E-state index contributed by atoms with van der Waals surface area (Å²) >= 11 is 1.31. The van der Waals surface area contributed by atoms with Crippen LogP contribution in [0.4, 0.5) is 10.1 Å². The van der Waals surface area contributed by atoms with Crippen LogP contribution in [-0.4, -0.2) is 14.5 Å². The van der Waals surface area contributed by atoms with E-state index in [-0.39, 0.29) is 16.5 Å². The average molecular weight is 421 g/mol. The molecule has 1 atom stereocenters. The van der Waals surface area contributed by atoms with Gasteiger partial charge < -0.3 is 0 Å². The van der Waals surface area contributed by atoms with Crippen LogP contribution in [0.1, 0.15) is 17.7 Å². The molecule has 1 aromatic heterocycles. The van der Waals surface area contributed by atoms with Gasteiger partial charge in [-0.1, -0.05) is 36.0 Å². The third-order valence-electron chi connectivity index (χ3n) is 4.66. The van der Waals surface area contributed by atoms with Crippen molar-refractivity contribution < 1.29 is 9.31 Å². The molecular formula is C22H16FN3O3S. The van der Waals surface area contributed by atoms with Gasteiger partial charge in [-0.25, -0.2) is 9.37 Å². The second kappa shape index (κ2) is 8.08. The summed E-state index contributed by atoms with van der Waals surface area (Å²) in [6.07, 6.45) is 0. The summed E-state index contributed by atoms with van der Waals surface area (Å²) in [7, 11) is 0. The van der Waals surface area contributed by atoms with Gasteiger partial charge in [0.25, 0.3) is 11.2 Å². The van der Waals surface area contributed by atoms with Crippen molar-refractivity contribution in [3.63, 3.8) is 0 Å². The van der Waals surface area contributed by atoms with Gasteiger partial charge in [0.15, 0.2) is 5.16 Å². The molecule has 0 aliphatic heterocycles. The molecule has 1 heterocycles. The lowest BCUT2D eigenvalue weighted by atomic mass is 10.1. The number of non-ortho nitro benzene ring substituents is 1. The van der Waals surface area contributed by atoms with Gasteiger partial charge in [0.1, 0.15) is 5.82 Å². The number of halogens is 1. The number of fused-ring (bicyclic) bond motifs is 1. The largest absolute Gasteiger partial charge is 0.269 e. The van der Waals surface area contributed by atoms with Crippen LogP contribution in [0.15, 0.2) is 82.7 Å². The average Bonchev–Trinajstić information content (AvgIpc) is 2.75. The number of thioether (sulfide) groups is 1. The number of benzene rings is 3. The minimum atomic E-state index is -0.441. The fourth-order valence-corrected chi connectivity index (χ4v) is 4.17. The Labute approximate surface area is 175 Å². The first-order valence-corrected chi connectivity index (χ1v) is 10.0. The third-order valence-corrected chi connectivity index (χ3v) is 5.77. The number of rotatable bonds is 5. The van der Waals surface area contributed by atoms with Gasteiger partial charge in [-0.2, -0.15) is 0 Å². The molecule has 150 valence electrons. The molecule has 0 fully saturated rings. The summed E-state index contributed by atoms with van der Waals surface area (Å²) in [6.45, 7) is 1.89. The lowest BCUT2D eigenvalue weighted by molar-refractivity contribution is -0.384. The molecule has 8 heteroatoms. The van der Waals surface area contributed by atoms with Gasteiger partial charge in [0.05, 0.1) is 21.5 Å². The highest BCUT2D eigenvalue weighted by Crippen LogP contribution is 2.36. The Bertz CT molecular complexity index is 1310. The SMILES string of the molecule is CC(Sc1nc2ccccc2c(=O)n1-c1ccc(F)cc1)c1cccc([N+](=O)[O-])c1. The highest BCUT2D eigenvalue weighted by molar-refractivity contribution is 7.99. The maximum atomic E-state index is 13.4. The van der Waals surface area contributed by atoms with E-state index in [1.807, 2.05) is 6.92 Å². The van der Waals surface area contributed by atoms with E-state index in [9.17, 15) is 19.3 Å². The van der Waals surface area contributed by atoms with Crippen molar-refractivity contribution in [1.29, 1.82) is 0 Å². The molecule has 0 saturated heterocycles. The van der Waals surface area contributed by atoms with E-state index in [0.717, 1.165) is 5.56 Å². The molecule has 4 aromatic rings. The predicted molar refractivity (Wildman–Crippen MR) is 115 cm³/mol. The zero-order chi connectivity index (χ0) is 21.3. The number of nitro benzene ring substituents is 1. The van der Waals surface area contributed by atoms with Crippen molar-refractivity contribution >= 4 is 28.4 Å². The number of hydrogen-bond donors (Lipinski definition) is 0. The van der Waals surface area contributed by atoms with Crippen molar-refractivity contribution in [2.24, 2.45) is 0 Å². The third kappa shape index (κ3) is 3.81. The van der Waals surface area contributed by atoms with E-state index < -0.39 is 10.7 Å². The molecule has 6 nitrogen and oxygen atoms in total. The molecule has 4 rings (SSSR count). The molecule has 3 aromatic carbocycles. The van der Waals surface area contributed by atoms with Gasteiger partial charge in [-0.05, 0) is 48.9 Å². The summed E-state index contributed by atoms with van der Waals surface area (Å²) in [4.78, 5) is 28.5. The lowest BCUT2D eigenvalue weighted by Crippen LogP contribution is -2.22. The number of nitrogens with zero attached hydrogens (tertiary/aromatic N) is 3. The van der Waals surface area contributed by atoms with Crippen molar-refractivity contribution in [1.82, 2.24) is 9.55 Å². The van der Waals surface area contributed by atoms with Crippen LogP contribution in [0.2, 0.25) is 0 Å². The van der Waals surface area contributed by atoms with E-state index in [0.29, 0.717) is 21.7 Å². The Kier molecular flexibility index (Phi) is 5.33. The monoisotopic (exact) mass is 421 g/mol. The van der Waals surface area contributed by atoms with E-state index >= 15 is 0 Å². The standard InChI is InChI=1S/C22H16FN3O3S/c1-14(15-5-4-6-18(13-15)26(28)29)30-22-24-20-8-3-2-7-19(20)21(27)25(22)17-11-9-16(23)10-12-17/h2-14H,1H3. The first-order valence-electron chi connectivity index (χ1n) is 9.13. The molecule has 0 spiro atoms. The van der Waals surface area contributed by atoms with Gasteiger partial charge in [-0.15, -0.1) is 0 Å². The summed E-state index contributed by atoms with van der Waals surface area (Å²) in [5.41, 5.74) is 1.52. The fourth-order valence-electron chi connectivity index (χ4n) is 3.13. The van der Waals surface area contributed by atoms with Crippen LogP contribution in [0, 0.1) is 15.9 Å². The smallest absolute Gasteiger partial charge is 0.268 e. The van der Waals surface area contributed by atoms with Gasteiger partial charge in [0.2, 0.25) is 0 Å². The summed E-state index contributed by atoms with van der Waals surface area (Å²) in [5, 5.41) is 11.8. The molecule has 0 radical (unpaired) electrons. The van der Waals surface area contributed by atoms with E-state index in [1.54, 1.807) is 36.4 Å². The second-order valence-corrected chi connectivity index (χ2v) is 7.95. The highest BCUT2D eigenvalue weighted by atomic mass is 32.2. The summed E-state index contributed by atoms with van der Waals surface area (Å²) < 4.78 is 14.9. The molecule has 0 bridgehead atoms. The topological polar surface area (TPSA) is 78.0 Å². The van der Waals surface area contributed by atoms with Crippen LogP contribution < -0.4 is 5.56 Å². The molecule has 30 heavy (non-hydrogen) atoms. The Hall–Kier alpha value is -3.52. The van der Waals surface area contributed by atoms with Crippen LogP contribution in [-0.2, 0) is 0 Å². The number of para-hydroxylation sites is 1. The first kappa shape index (κ1) is 19.8. The van der Waals surface area contributed by atoms with Crippen LogP contribution in [0.25, 0.3) is 16.6 Å². The maximum Gasteiger partial charge on any atom is 0.269 e. The summed E-state index contributed by atoms with van der Waals surface area (Å²) in [6, 6.07) is 19.0. The van der Waals surface area contributed by atoms with Gasteiger partial charge >= 0.3 is 0 Å². The normalized spacial score (nSPS) is 12.1. The van der Waals surface area contributed by atoms with Crippen molar-refractivity contribution in [2.45, 2.75) is 17.3 Å². The van der Waals surface area contributed by atoms with Crippen molar-refractivity contribution in [3.8, 4) is 5.69 Å². The summed E-state index contributed by atoms with van der Waals surface area (Å²) in [5.74, 6) is -0.403. The van der Waals surface area contributed by atoms with Crippen LogP contribution in [0.5, 0.6) is 0 Å². The zero-order valence-electron chi connectivity index (χ0n) is 15.9. The van der Waals surface area contributed by atoms with Gasteiger partial charge in [-0.3, -0.25) is 19.5 Å². The quantitative estimate of drug-likeness (QED) is 0.189. The lowest BCUT2D eigenvalue weighted by Gasteiger charge is -2.16. The fraction of sp³-hybridized carbons (Fsp3) is 0.0909. The predicted octanol–water partition coefficient (Wildman–Crippen LogP) is 5.29. The van der Waals surface area contributed by atoms with E-state index in [4.69, 9.17) is 0 Å². The molecule has 0 aliphatic rings. The number of nitro groups is 1. The molecule has 0 saturated carbocycles. The minimum absolute atomic E-state index is 0.00217. The Morgan fingerprint density at radius 3 is 2.53 bits per heavy atom. The zero-order valence-corrected chi connectivity index (χ0v) is 16.7. The minimum Gasteiger partial charge on any atom is -0.268 e. The van der Waals surface area contributed by atoms with Crippen molar-refractivity contribution in [2.75, 3.05) is 0 Å². The first-order chi connectivity index (χ1) is 14.4. The van der Waals surface area contributed by atoms with E-state index in [1.165, 1.54) is 52.7 Å². The van der Waals surface area contributed by atoms with Gasteiger partial charge in [0, 0.05) is 17.4 Å². The van der Waals surface area contributed by atoms with Crippen LogP contribution in [0.3, 0.4) is 0 Å². The molecular weight excluding hydrogens is 405 g/mol. The maximum absolute atomic E-state index is 13.4. The molecule has 0 amide bonds. The number of hydrogen-bond acceptors (Lipinski definition) is 5. The Morgan fingerprint density at radius 2 is 1.80 bits per heavy atom. The van der Waals surface area contributed by atoms with Crippen LogP contribution >= 0.6 is 11.8 Å². The van der Waals surface area contributed by atoms with E-state index in [2.05, 4.69) is 4.98 Å². The Morgan fingerprint density at radius 1 is 1.07 bits per heavy atom. The Balaban J connectivity index is 1.84. The molecule has 1 unspecified atom stereocenters. The highest BCUT2D eigenvalue weighted by Gasteiger charge is 2.18. The van der Waals surface area contributed by atoms with Crippen molar-refractivity contribution in [3.05, 3.63) is 105 Å². The second-order valence-electron chi connectivity index (χ2n) is 6.64. The molecule has 0 N–H and O–H groups in total. The number of aromatic nitrogens is 2. The molecule has 0 aliphatic carbocycles.